The normalized spacial score (nSPS) is 21.5. The molecule has 4 heterocycles. The van der Waals surface area contributed by atoms with E-state index in [0.717, 1.165) is 41.1 Å². The van der Waals surface area contributed by atoms with Gasteiger partial charge in [-0.25, -0.2) is 0 Å². The summed E-state index contributed by atoms with van der Waals surface area (Å²) >= 11 is 0.369. The van der Waals surface area contributed by atoms with Crippen LogP contribution in [0.15, 0.2) is 54.0 Å². The Labute approximate surface area is 342 Å². The van der Waals surface area contributed by atoms with Crippen molar-refractivity contribution >= 4 is 29.1 Å². The summed E-state index contributed by atoms with van der Waals surface area (Å²) in [5.74, 6) is -1.78. The van der Waals surface area contributed by atoms with Gasteiger partial charge in [0, 0.05) is 49.3 Å². The molecule has 0 radical (unpaired) electrons. The van der Waals surface area contributed by atoms with Crippen LogP contribution in [0.2, 0.25) is 0 Å². The standard InChI is InChI=1S/C42H46F6N4O6S/c1-3-10-32-40(58-28-25-33(59-26-28)42(46,47)48,16-9-21-52(32)35(53)34-30(41(43,44)45)12-7-20-50-34)36(54)51-22-17-39(27-49,18-23-51)29-11-5-6-13-31(29)57-24-19-38(14-8-15-38)37(55)56-4-2/h5-7,11-13,20,25-26,32H,3-4,8-10,14-19,21-24H2,1-2H3/t32-,40+/m1/s1. The number of carbonyl (C=O) groups excluding carboxylic acids is 3. The molecule has 6 rings (SSSR count). The first-order chi connectivity index (χ1) is 28.0. The number of para-hydroxylation sites is 1. The molecule has 1 saturated carbocycles. The molecule has 10 nitrogen and oxygen atoms in total. The van der Waals surface area contributed by atoms with E-state index in [2.05, 4.69) is 11.1 Å². The Bertz CT molecular complexity index is 2040. The Morgan fingerprint density at radius 1 is 0.949 bits per heavy atom. The van der Waals surface area contributed by atoms with Crippen molar-refractivity contribution in [2.24, 2.45) is 5.41 Å². The lowest BCUT2D eigenvalue weighted by molar-refractivity contribution is -0.162. The molecular weight excluding hydrogens is 803 g/mol. The van der Waals surface area contributed by atoms with Crippen LogP contribution in [0, 0.1) is 16.7 Å². The average molecular weight is 849 g/mol. The van der Waals surface area contributed by atoms with Crippen molar-refractivity contribution in [1.82, 2.24) is 14.8 Å². The van der Waals surface area contributed by atoms with Crippen molar-refractivity contribution in [3.05, 3.63) is 75.7 Å². The molecule has 17 heteroatoms. The number of hydrogen-bond donors (Lipinski definition) is 0. The Balaban J connectivity index is 1.29. The third-order valence-electron chi connectivity index (χ3n) is 11.9. The van der Waals surface area contributed by atoms with Crippen molar-refractivity contribution in [3.8, 4) is 17.6 Å². The molecule has 0 unspecified atom stereocenters. The number of ether oxygens (including phenoxy) is 3. The summed E-state index contributed by atoms with van der Waals surface area (Å²) in [6.45, 7) is 3.97. The van der Waals surface area contributed by atoms with Crippen LogP contribution in [0.1, 0.15) is 105 Å². The van der Waals surface area contributed by atoms with E-state index in [1.54, 1.807) is 38.1 Å². The topological polar surface area (TPSA) is 122 Å². The fraction of sp³-hybridized carbons (Fsp3) is 0.548. The predicted molar refractivity (Wildman–Crippen MR) is 203 cm³/mol. The highest BCUT2D eigenvalue weighted by molar-refractivity contribution is 7.10. The zero-order valence-electron chi connectivity index (χ0n) is 32.8. The van der Waals surface area contributed by atoms with Gasteiger partial charge in [0.1, 0.15) is 22.1 Å². The third kappa shape index (κ3) is 8.74. The molecule has 3 aliphatic rings. The van der Waals surface area contributed by atoms with E-state index >= 15 is 4.79 Å². The zero-order valence-corrected chi connectivity index (χ0v) is 33.6. The molecule has 3 fully saturated rings. The third-order valence-corrected chi connectivity index (χ3v) is 12.8. The summed E-state index contributed by atoms with van der Waals surface area (Å²) in [7, 11) is 0. The molecule has 2 aliphatic heterocycles. The smallest absolute Gasteiger partial charge is 0.425 e. The largest absolute Gasteiger partial charge is 0.493 e. The lowest BCUT2D eigenvalue weighted by atomic mass is 9.67. The number of carbonyl (C=O) groups is 3. The quantitative estimate of drug-likeness (QED) is 0.124. The highest BCUT2D eigenvalue weighted by Gasteiger charge is 2.57. The van der Waals surface area contributed by atoms with Gasteiger partial charge in [0.05, 0.1) is 41.7 Å². The summed E-state index contributed by atoms with van der Waals surface area (Å²) in [5.41, 5.74) is -5.23. The molecule has 2 saturated heterocycles. The average Bonchev–Trinajstić information content (AvgIpc) is 3.68. The molecule has 1 aliphatic carbocycles. The molecule has 0 spiro atoms. The summed E-state index contributed by atoms with van der Waals surface area (Å²) in [6.07, 6.45) is -5.09. The maximum atomic E-state index is 15.1. The Hall–Kier alpha value is -4.85. The first-order valence-corrected chi connectivity index (χ1v) is 20.7. The number of halogens is 6. The van der Waals surface area contributed by atoms with E-state index in [1.807, 2.05) is 0 Å². The first-order valence-electron chi connectivity index (χ1n) is 19.8. The van der Waals surface area contributed by atoms with E-state index in [4.69, 9.17) is 14.2 Å². The summed E-state index contributed by atoms with van der Waals surface area (Å²) in [5, 5.41) is 11.8. The summed E-state index contributed by atoms with van der Waals surface area (Å²) < 4.78 is 102. The fourth-order valence-corrected chi connectivity index (χ4v) is 9.34. The lowest BCUT2D eigenvalue weighted by Gasteiger charge is -2.51. The number of amides is 2. The zero-order chi connectivity index (χ0) is 42.6. The van der Waals surface area contributed by atoms with Crippen molar-refractivity contribution < 1.29 is 54.9 Å². The first kappa shape index (κ1) is 43.7. The number of likely N-dealkylation sites (tertiary alicyclic amines) is 2. The molecule has 59 heavy (non-hydrogen) atoms. The molecule has 318 valence electrons. The number of nitriles is 1. The number of nitrogens with zero attached hydrogens (tertiary/aromatic N) is 4. The number of alkyl halides is 6. The van der Waals surface area contributed by atoms with Gasteiger partial charge in [-0.2, -0.15) is 31.6 Å². The minimum atomic E-state index is -4.92. The van der Waals surface area contributed by atoms with Gasteiger partial charge in [-0.3, -0.25) is 19.4 Å². The van der Waals surface area contributed by atoms with Crippen LogP contribution in [-0.4, -0.2) is 77.1 Å². The van der Waals surface area contributed by atoms with Gasteiger partial charge in [0.15, 0.2) is 0 Å². The molecule has 2 aromatic heterocycles. The van der Waals surface area contributed by atoms with Crippen LogP contribution in [0.25, 0.3) is 0 Å². The van der Waals surface area contributed by atoms with Gasteiger partial charge >= 0.3 is 18.3 Å². The minimum absolute atomic E-state index is 0.0144. The molecular formula is C42H46F6N4O6S. The second kappa shape index (κ2) is 17.4. The molecule has 0 bridgehead atoms. The van der Waals surface area contributed by atoms with E-state index in [0.29, 0.717) is 48.3 Å². The maximum Gasteiger partial charge on any atom is 0.425 e. The second-order valence-corrected chi connectivity index (χ2v) is 16.3. The van der Waals surface area contributed by atoms with Crippen LogP contribution in [-0.2, 0) is 32.1 Å². The molecule has 1 aromatic carbocycles. The monoisotopic (exact) mass is 848 g/mol. The molecule has 2 atom stereocenters. The Morgan fingerprint density at radius 2 is 1.68 bits per heavy atom. The highest BCUT2D eigenvalue weighted by atomic mass is 32.1. The van der Waals surface area contributed by atoms with E-state index in [1.165, 1.54) is 4.90 Å². The Morgan fingerprint density at radius 3 is 2.29 bits per heavy atom. The van der Waals surface area contributed by atoms with Gasteiger partial charge in [0.2, 0.25) is 5.60 Å². The van der Waals surface area contributed by atoms with Crippen molar-refractivity contribution in [3.63, 3.8) is 0 Å². The number of piperidine rings is 2. The maximum absolute atomic E-state index is 15.1. The highest BCUT2D eigenvalue weighted by Crippen LogP contribution is 2.47. The second-order valence-electron chi connectivity index (χ2n) is 15.4. The van der Waals surface area contributed by atoms with Gasteiger partial charge < -0.3 is 24.0 Å². The number of pyridine rings is 1. The van der Waals surface area contributed by atoms with E-state index < -0.39 is 62.8 Å². The van der Waals surface area contributed by atoms with Crippen LogP contribution in [0.3, 0.4) is 0 Å². The molecule has 2 amide bonds. The van der Waals surface area contributed by atoms with Crippen molar-refractivity contribution in [2.45, 2.75) is 107 Å². The van der Waals surface area contributed by atoms with Gasteiger partial charge in [-0.05, 0) is 70.1 Å². The van der Waals surface area contributed by atoms with E-state index in [9.17, 15) is 41.2 Å². The number of esters is 1. The fourth-order valence-electron chi connectivity index (χ4n) is 8.66. The van der Waals surface area contributed by atoms with Gasteiger partial charge in [-0.1, -0.05) is 38.0 Å². The van der Waals surface area contributed by atoms with Crippen LogP contribution in [0.5, 0.6) is 11.5 Å². The number of benzene rings is 1. The molecule has 0 N–H and O–H groups in total. The lowest BCUT2D eigenvalue weighted by Crippen LogP contribution is -2.68. The van der Waals surface area contributed by atoms with Crippen molar-refractivity contribution in [1.29, 1.82) is 5.26 Å². The number of thiophene rings is 1. The number of rotatable bonds is 13. The van der Waals surface area contributed by atoms with Gasteiger partial charge in [0.25, 0.3) is 11.8 Å². The SMILES string of the molecule is CCC[C@H]1N(C(=O)c2ncccc2C(F)(F)F)CCC[C@@]1(Oc1csc(C(F)(F)F)c1)C(=O)N1CCC(C#N)(c2ccccc2OCCC2(C(=O)OCC)CCC2)CC1. The Kier molecular flexibility index (Phi) is 12.9. The molecule has 3 aromatic rings. The van der Waals surface area contributed by atoms with Crippen LogP contribution in [0.4, 0.5) is 26.3 Å². The minimum Gasteiger partial charge on any atom is -0.493 e. The van der Waals surface area contributed by atoms with Crippen LogP contribution < -0.4 is 9.47 Å². The summed E-state index contributed by atoms with van der Waals surface area (Å²) in [6, 6.07) is 10.9. The van der Waals surface area contributed by atoms with E-state index in [-0.39, 0.29) is 76.7 Å². The summed E-state index contributed by atoms with van der Waals surface area (Å²) in [4.78, 5) is 47.3. The number of hydrogen-bond acceptors (Lipinski definition) is 9. The van der Waals surface area contributed by atoms with Crippen molar-refractivity contribution in [2.75, 3.05) is 32.8 Å². The van der Waals surface area contributed by atoms with Gasteiger partial charge in [-0.15, -0.1) is 11.3 Å². The van der Waals surface area contributed by atoms with Crippen LogP contribution >= 0.6 is 11.3 Å². The predicted octanol–water partition coefficient (Wildman–Crippen LogP) is 8.99. The number of aromatic nitrogens is 1.